The summed E-state index contributed by atoms with van der Waals surface area (Å²) in [6.45, 7) is 3.76. The Morgan fingerprint density at radius 3 is 2.28 bits per heavy atom. The molecule has 0 radical (unpaired) electrons. The van der Waals surface area contributed by atoms with E-state index in [0.29, 0.717) is 5.56 Å². The fourth-order valence-electron chi connectivity index (χ4n) is 3.39. The molecule has 4 aromatic rings. The van der Waals surface area contributed by atoms with Gasteiger partial charge in [-0.2, -0.15) is 8.42 Å². The van der Waals surface area contributed by atoms with Crippen molar-refractivity contribution >= 4 is 20.9 Å². The number of benzene rings is 4. The summed E-state index contributed by atoms with van der Waals surface area (Å²) in [6, 6.07) is 22.3. The van der Waals surface area contributed by atoms with Crippen LogP contribution in [0, 0.1) is 19.7 Å². The third-order valence-electron chi connectivity index (χ3n) is 4.88. The molecule has 3 nitrogen and oxygen atoms in total. The highest BCUT2D eigenvalue weighted by molar-refractivity contribution is 7.87. The molecule has 0 atom stereocenters. The third kappa shape index (κ3) is 3.61. The molecule has 4 aromatic carbocycles. The van der Waals surface area contributed by atoms with Crippen molar-refractivity contribution in [3.8, 4) is 16.9 Å². The molecular formula is C24H19FO3S. The largest absolute Gasteiger partial charge is 0.375 e. The van der Waals surface area contributed by atoms with Gasteiger partial charge in [0.1, 0.15) is 4.90 Å². The van der Waals surface area contributed by atoms with Gasteiger partial charge in [-0.3, -0.25) is 0 Å². The van der Waals surface area contributed by atoms with Gasteiger partial charge in [-0.1, -0.05) is 66.2 Å². The smallest absolute Gasteiger partial charge is 0.339 e. The average molecular weight is 406 g/mol. The predicted molar refractivity (Wildman–Crippen MR) is 113 cm³/mol. The van der Waals surface area contributed by atoms with Gasteiger partial charge in [-0.05, 0) is 53.9 Å². The summed E-state index contributed by atoms with van der Waals surface area (Å²) in [5, 5.41) is 1.88. The normalized spacial score (nSPS) is 11.6. The monoisotopic (exact) mass is 406 g/mol. The first-order valence-corrected chi connectivity index (χ1v) is 10.6. The van der Waals surface area contributed by atoms with Gasteiger partial charge in [0.05, 0.1) is 0 Å². The van der Waals surface area contributed by atoms with Crippen LogP contribution in [0.4, 0.5) is 4.39 Å². The van der Waals surface area contributed by atoms with E-state index in [1.54, 1.807) is 24.3 Å². The first kappa shape index (κ1) is 19.2. The zero-order valence-corrected chi connectivity index (χ0v) is 16.8. The fraction of sp³-hybridized carbons (Fsp3) is 0.0833. The van der Waals surface area contributed by atoms with Gasteiger partial charge < -0.3 is 4.18 Å². The van der Waals surface area contributed by atoms with Crippen molar-refractivity contribution in [3.63, 3.8) is 0 Å². The Morgan fingerprint density at radius 1 is 0.793 bits per heavy atom. The molecule has 0 heterocycles. The van der Waals surface area contributed by atoms with Gasteiger partial charge in [0.15, 0.2) is 11.6 Å². The van der Waals surface area contributed by atoms with Crippen LogP contribution in [0.1, 0.15) is 11.1 Å². The number of para-hydroxylation sites is 1. The van der Waals surface area contributed by atoms with Crippen molar-refractivity contribution in [3.05, 3.63) is 95.8 Å². The van der Waals surface area contributed by atoms with Gasteiger partial charge in [0, 0.05) is 5.56 Å². The minimum absolute atomic E-state index is 0.0213. The van der Waals surface area contributed by atoms with Crippen LogP contribution >= 0.6 is 0 Å². The number of rotatable bonds is 4. The maximum Gasteiger partial charge on any atom is 0.339 e. The summed E-state index contributed by atoms with van der Waals surface area (Å²) in [6.07, 6.45) is 0. The van der Waals surface area contributed by atoms with E-state index in [1.807, 2.05) is 50.2 Å². The van der Waals surface area contributed by atoms with Crippen LogP contribution < -0.4 is 4.18 Å². The molecule has 0 aliphatic heterocycles. The van der Waals surface area contributed by atoms with E-state index in [0.717, 1.165) is 27.5 Å². The van der Waals surface area contributed by atoms with E-state index < -0.39 is 15.9 Å². The molecule has 0 aliphatic rings. The average Bonchev–Trinajstić information content (AvgIpc) is 2.70. The van der Waals surface area contributed by atoms with E-state index in [9.17, 15) is 12.8 Å². The second-order valence-electron chi connectivity index (χ2n) is 6.95. The maximum absolute atomic E-state index is 14.8. The molecule has 0 aliphatic carbocycles. The molecule has 29 heavy (non-hydrogen) atoms. The second-order valence-corrected chi connectivity index (χ2v) is 8.49. The molecule has 5 heteroatoms. The summed E-state index contributed by atoms with van der Waals surface area (Å²) >= 11 is 0. The minimum atomic E-state index is -4.19. The van der Waals surface area contributed by atoms with Crippen LogP contribution in [-0.2, 0) is 10.1 Å². The van der Waals surface area contributed by atoms with E-state index in [1.165, 1.54) is 18.2 Å². The Kier molecular flexibility index (Phi) is 4.84. The lowest BCUT2D eigenvalue weighted by Gasteiger charge is -2.16. The summed E-state index contributed by atoms with van der Waals surface area (Å²) < 4.78 is 45.8. The van der Waals surface area contributed by atoms with Crippen LogP contribution in [0.5, 0.6) is 5.75 Å². The van der Waals surface area contributed by atoms with Gasteiger partial charge in [-0.15, -0.1) is 0 Å². The van der Waals surface area contributed by atoms with E-state index in [-0.39, 0.29) is 10.6 Å². The Balaban J connectivity index is 1.90. The Labute approximate surface area is 169 Å². The second kappa shape index (κ2) is 7.33. The Hall–Kier alpha value is -3.18. The quantitative estimate of drug-likeness (QED) is 0.389. The third-order valence-corrected chi connectivity index (χ3v) is 6.11. The molecule has 4 rings (SSSR count). The lowest BCUT2D eigenvalue weighted by atomic mass is 9.93. The lowest BCUT2D eigenvalue weighted by Crippen LogP contribution is -2.11. The lowest BCUT2D eigenvalue weighted by molar-refractivity contribution is 0.462. The van der Waals surface area contributed by atoms with Crippen LogP contribution in [-0.4, -0.2) is 8.42 Å². The number of hydrogen-bond donors (Lipinski definition) is 0. The molecule has 0 bridgehead atoms. The molecule has 0 spiro atoms. The molecule has 0 fully saturated rings. The van der Waals surface area contributed by atoms with Crippen molar-refractivity contribution < 1.29 is 17.0 Å². The van der Waals surface area contributed by atoms with Crippen molar-refractivity contribution in [2.24, 2.45) is 0 Å². The highest BCUT2D eigenvalue weighted by Crippen LogP contribution is 2.40. The molecule has 0 saturated heterocycles. The molecule has 0 unspecified atom stereocenters. The van der Waals surface area contributed by atoms with Gasteiger partial charge in [0.25, 0.3) is 0 Å². The molecule has 0 amide bonds. The summed E-state index contributed by atoms with van der Waals surface area (Å²) in [5.41, 5.74) is 2.96. The Bertz CT molecular complexity index is 1310. The first-order valence-electron chi connectivity index (χ1n) is 9.15. The van der Waals surface area contributed by atoms with E-state index in [4.69, 9.17) is 4.18 Å². The molecule has 146 valence electrons. The van der Waals surface area contributed by atoms with Crippen LogP contribution in [0.15, 0.2) is 83.8 Å². The van der Waals surface area contributed by atoms with Crippen molar-refractivity contribution in [2.75, 3.05) is 0 Å². The number of aryl methyl sites for hydroxylation is 2. The van der Waals surface area contributed by atoms with Crippen LogP contribution in [0.3, 0.4) is 0 Å². The van der Waals surface area contributed by atoms with E-state index >= 15 is 0 Å². The number of fused-ring (bicyclic) bond motifs is 1. The van der Waals surface area contributed by atoms with Gasteiger partial charge in [-0.25, -0.2) is 4.39 Å². The number of hydrogen-bond acceptors (Lipinski definition) is 3. The van der Waals surface area contributed by atoms with Crippen molar-refractivity contribution in [1.82, 2.24) is 0 Å². The summed E-state index contributed by atoms with van der Waals surface area (Å²) in [5.74, 6) is -1.03. The minimum Gasteiger partial charge on any atom is -0.375 e. The van der Waals surface area contributed by atoms with Gasteiger partial charge >= 0.3 is 10.1 Å². The molecule has 0 N–H and O–H groups in total. The van der Waals surface area contributed by atoms with Crippen molar-refractivity contribution in [2.45, 2.75) is 18.7 Å². The first-order chi connectivity index (χ1) is 13.9. The number of halogens is 1. The highest BCUT2D eigenvalue weighted by atomic mass is 32.2. The highest BCUT2D eigenvalue weighted by Gasteiger charge is 2.23. The fourth-order valence-corrected chi connectivity index (χ4v) is 4.35. The zero-order valence-electron chi connectivity index (χ0n) is 16.0. The molecular weight excluding hydrogens is 387 g/mol. The SMILES string of the molecule is Cc1ccc(S(=O)(=O)Oc2c(F)cccc2-c2c(C)ccc3ccccc23)cc1. The van der Waals surface area contributed by atoms with Gasteiger partial charge in [0.2, 0.25) is 0 Å². The topological polar surface area (TPSA) is 43.4 Å². The summed E-state index contributed by atoms with van der Waals surface area (Å²) in [4.78, 5) is -0.0213. The standard InChI is InChI=1S/C24H19FO3S/c1-16-10-14-19(15-11-16)29(26,27)28-24-21(8-5-9-22(24)25)23-17(2)12-13-18-6-3-4-7-20(18)23/h3-15H,1-2H3. The summed E-state index contributed by atoms with van der Waals surface area (Å²) in [7, 11) is -4.19. The van der Waals surface area contributed by atoms with E-state index in [2.05, 4.69) is 0 Å². The predicted octanol–water partition coefficient (Wildman–Crippen LogP) is 6.03. The van der Waals surface area contributed by atoms with Crippen LogP contribution in [0.25, 0.3) is 21.9 Å². The van der Waals surface area contributed by atoms with Crippen LogP contribution in [0.2, 0.25) is 0 Å². The van der Waals surface area contributed by atoms with Crippen molar-refractivity contribution in [1.29, 1.82) is 0 Å². The maximum atomic E-state index is 14.8. The Morgan fingerprint density at radius 2 is 1.52 bits per heavy atom. The molecule has 0 aromatic heterocycles. The zero-order chi connectivity index (χ0) is 20.6. The molecule has 0 saturated carbocycles.